The molecule has 1 saturated carbocycles. The van der Waals surface area contributed by atoms with Gasteiger partial charge in [0.05, 0.1) is 12.2 Å². The van der Waals surface area contributed by atoms with E-state index < -0.39 is 23.4 Å². The summed E-state index contributed by atoms with van der Waals surface area (Å²) < 4.78 is 4.91. The third-order valence-electron chi connectivity index (χ3n) is 5.48. The van der Waals surface area contributed by atoms with Gasteiger partial charge in [-0.3, -0.25) is 14.5 Å². The lowest BCUT2D eigenvalue weighted by Gasteiger charge is -2.36. The molecule has 8 nitrogen and oxygen atoms in total. The van der Waals surface area contributed by atoms with Crippen molar-refractivity contribution in [1.29, 1.82) is 0 Å². The molecule has 1 spiro atoms. The molecule has 1 aromatic carbocycles. The van der Waals surface area contributed by atoms with Crippen molar-refractivity contribution < 1.29 is 23.9 Å². The van der Waals surface area contributed by atoms with E-state index in [4.69, 9.17) is 4.74 Å². The number of benzene rings is 1. The van der Waals surface area contributed by atoms with Crippen molar-refractivity contribution in [3.8, 4) is 0 Å². The summed E-state index contributed by atoms with van der Waals surface area (Å²) in [5.74, 6) is -1.20. The van der Waals surface area contributed by atoms with Crippen LogP contribution in [0.3, 0.4) is 0 Å². The van der Waals surface area contributed by atoms with E-state index in [0.29, 0.717) is 17.7 Å². The Morgan fingerprint density at radius 2 is 1.96 bits per heavy atom. The van der Waals surface area contributed by atoms with Crippen molar-refractivity contribution >= 4 is 29.5 Å². The van der Waals surface area contributed by atoms with Gasteiger partial charge in [0, 0.05) is 5.69 Å². The van der Waals surface area contributed by atoms with Crippen LogP contribution in [-0.2, 0) is 14.3 Å². The van der Waals surface area contributed by atoms with E-state index in [2.05, 4.69) is 10.6 Å². The number of anilines is 1. The Morgan fingerprint density at radius 1 is 1.25 bits per heavy atom. The number of rotatable bonds is 5. The molecule has 1 aromatic rings. The van der Waals surface area contributed by atoms with E-state index in [9.17, 15) is 19.2 Å². The number of nitrogens with zero attached hydrogens (tertiary/aromatic N) is 1. The fraction of sp³-hybridized carbons (Fsp3) is 0.500. The fourth-order valence-corrected chi connectivity index (χ4v) is 3.89. The van der Waals surface area contributed by atoms with Crippen molar-refractivity contribution in [2.24, 2.45) is 5.92 Å². The highest BCUT2D eigenvalue weighted by molar-refractivity contribution is 6.10. The first-order valence-corrected chi connectivity index (χ1v) is 9.58. The molecule has 1 aliphatic heterocycles. The lowest BCUT2D eigenvalue weighted by molar-refractivity contribution is -0.136. The molecule has 1 saturated heterocycles. The van der Waals surface area contributed by atoms with Gasteiger partial charge in [0.25, 0.3) is 5.91 Å². The summed E-state index contributed by atoms with van der Waals surface area (Å²) in [5.41, 5.74) is -0.0373. The molecule has 0 aromatic heterocycles. The number of carbonyl (C=O) groups is 4. The van der Waals surface area contributed by atoms with Crippen molar-refractivity contribution in [3.63, 3.8) is 0 Å². The fourth-order valence-electron chi connectivity index (χ4n) is 3.89. The lowest BCUT2D eigenvalue weighted by Crippen LogP contribution is -2.54. The van der Waals surface area contributed by atoms with Gasteiger partial charge in [0.15, 0.2) is 0 Å². The Hall–Kier alpha value is -2.90. The second-order valence-electron chi connectivity index (χ2n) is 7.29. The van der Waals surface area contributed by atoms with Crippen LogP contribution in [0.15, 0.2) is 24.3 Å². The molecule has 2 N–H and O–H groups in total. The van der Waals surface area contributed by atoms with E-state index in [1.54, 1.807) is 31.2 Å². The van der Waals surface area contributed by atoms with Crippen LogP contribution < -0.4 is 10.6 Å². The molecule has 0 unspecified atom stereocenters. The second-order valence-corrected chi connectivity index (χ2v) is 7.29. The molecule has 2 fully saturated rings. The number of esters is 1. The minimum atomic E-state index is -0.878. The maximum Gasteiger partial charge on any atom is 0.338 e. The first-order valence-electron chi connectivity index (χ1n) is 9.58. The van der Waals surface area contributed by atoms with E-state index >= 15 is 0 Å². The van der Waals surface area contributed by atoms with Gasteiger partial charge in [-0.05, 0) is 49.9 Å². The van der Waals surface area contributed by atoms with Crippen molar-refractivity contribution in [1.82, 2.24) is 10.2 Å². The van der Waals surface area contributed by atoms with Crippen LogP contribution in [-0.4, -0.2) is 47.4 Å². The number of hydrogen-bond acceptors (Lipinski definition) is 5. The van der Waals surface area contributed by atoms with Crippen molar-refractivity contribution in [2.75, 3.05) is 18.5 Å². The molecule has 0 bridgehead atoms. The Balaban J connectivity index is 1.62. The molecule has 8 heteroatoms. The third kappa shape index (κ3) is 3.72. The number of nitrogens with one attached hydrogen (secondary N) is 2. The van der Waals surface area contributed by atoms with Gasteiger partial charge in [-0.15, -0.1) is 0 Å². The number of amides is 4. The van der Waals surface area contributed by atoms with E-state index in [0.717, 1.165) is 24.2 Å². The smallest absolute Gasteiger partial charge is 0.338 e. The molecule has 1 heterocycles. The summed E-state index contributed by atoms with van der Waals surface area (Å²) in [6.07, 6.45) is 3.39. The standard InChI is InChI=1S/C20H25N3O5/c1-3-28-17(25)14-7-9-15(10-8-14)21-16(24)12-23-18(26)20(22-19(23)27)11-5-4-6-13(20)2/h7-10,13H,3-6,11-12H2,1-2H3,(H,21,24)(H,22,27)/t13-,20+/m1/s1. The number of carbonyl (C=O) groups excluding carboxylic acids is 4. The summed E-state index contributed by atoms with van der Waals surface area (Å²) in [6, 6.07) is 5.70. The van der Waals surface area contributed by atoms with Crippen LogP contribution >= 0.6 is 0 Å². The highest BCUT2D eigenvalue weighted by atomic mass is 16.5. The maximum atomic E-state index is 12.9. The van der Waals surface area contributed by atoms with E-state index in [1.165, 1.54) is 0 Å². The molecular weight excluding hydrogens is 362 g/mol. The minimum absolute atomic E-state index is 0.0428. The van der Waals surface area contributed by atoms with Gasteiger partial charge < -0.3 is 15.4 Å². The van der Waals surface area contributed by atoms with Crippen LogP contribution in [0.5, 0.6) is 0 Å². The highest BCUT2D eigenvalue weighted by Gasteiger charge is 2.55. The molecule has 150 valence electrons. The third-order valence-corrected chi connectivity index (χ3v) is 5.48. The van der Waals surface area contributed by atoms with E-state index in [1.807, 2.05) is 6.92 Å². The highest BCUT2D eigenvalue weighted by Crippen LogP contribution is 2.38. The number of hydrogen-bond donors (Lipinski definition) is 2. The summed E-state index contributed by atoms with van der Waals surface area (Å²) in [6.45, 7) is 3.62. The van der Waals surface area contributed by atoms with Crippen LogP contribution in [0.2, 0.25) is 0 Å². The Labute approximate surface area is 163 Å². The van der Waals surface area contributed by atoms with Gasteiger partial charge in [0.2, 0.25) is 5.91 Å². The van der Waals surface area contributed by atoms with Gasteiger partial charge in [-0.1, -0.05) is 19.8 Å². The summed E-state index contributed by atoms with van der Waals surface area (Å²) in [4.78, 5) is 50.2. The minimum Gasteiger partial charge on any atom is -0.462 e. The average molecular weight is 387 g/mol. The Morgan fingerprint density at radius 3 is 2.61 bits per heavy atom. The summed E-state index contributed by atoms with van der Waals surface area (Å²) >= 11 is 0. The first-order chi connectivity index (χ1) is 13.4. The zero-order valence-electron chi connectivity index (χ0n) is 16.1. The molecule has 0 radical (unpaired) electrons. The number of imide groups is 1. The molecule has 3 rings (SSSR count). The topological polar surface area (TPSA) is 105 Å². The maximum absolute atomic E-state index is 12.9. The lowest BCUT2D eigenvalue weighted by atomic mass is 9.73. The Kier molecular flexibility index (Phi) is 5.67. The van der Waals surface area contributed by atoms with Crippen LogP contribution in [0.25, 0.3) is 0 Å². The van der Waals surface area contributed by atoms with Gasteiger partial charge in [0.1, 0.15) is 12.1 Å². The zero-order valence-corrected chi connectivity index (χ0v) is 16.1. The van der Waals surface area contributed by atoms with Gasteiger partial charge in [-0.2, -0.15) is 0 Å². The van der Waals surface area contributed by atoms with Gasteiger partial charge in [-0.25, -0.2) is 9.59 Å². The van der Waals surface area contributed by atoms with Crippen molar-refractivity contribution in [2.45, 2.75) is 45.1 Å². The molecule has 2 atom stereocenters. The first kappa shape index (κ1) is 19.9. The molecule has 4 amide bonds. The summed E-state index contributed by atoms with van der Waals surface area (Å²) in [5, 5.41) is 5.47. The van der Waals surface area contributed by atoms with Crippen LogP contribution in [0.4, 0.5) is 10.5 Å². The number of urea groups is 1. The average Bonchev–Trinajstić information content (AvgIpc) is 2.90. The molecule has 2 aliphatic rings. The molecule has 28 heavy (non-hydrogen) atoms. The molecular formula is C20H25N3O5. The van der Waals surface area contributed by atoms with Gasteiger partial charge >= 0.3 is 12.0 Å². The SMILES string of the molecule is CCOC(=O)c1ccc(NC(=O)CN2C(=O)N[C@]3(CCCC[C@H]3C)C2=O)cc1. The van der Waals surface area contributed by atoms with E-state index in [-0.39, 0.29) is 25.0 Å². The predicted octanol–water partition coefficient (Wildman–Crippen LogP) is 2.30. The molecule has 1 aliphatic carbocycles. The monoisotopic (exact) mass is 387 g/mol. The quantitative estimate of drug-likeness (QED) is 0.596. The second kappa shape index (κ2) is 8.00. The van der Waals surface area contributed by atoms with Crippen molar-refractivity contribution in [3.05, 3.63) is 29.8 Å². The predicted molar refractivity (Wildman–Crippen MR) is 102 cm³/mol. The normalized spacial score (nSPS) is 24.2. The Bertz CT molecular complexity index is 792. The zero-order chi connectivity index (χ0) is 20.3. The van der Waals surface area contributed by atoms with Crippen LogP contribution in [0.1, 0.15) is 49.9 Å². The van der Waals surface area contributed by atoms with Crippen LogP contribution in [0, 0.1) is 5.92 Å². The summed E-state index contributed by atoms with van der Waals surface area (Å²) in [7, 11) is 0. The number of ether oxygens (including phenoxy) is 1. The largest absolute Gasteiger partial charge is 0.462 e.